The summed E-state index contributed by atoms with van der Waals surface area (Å²) >= 11 is 0. The molecule has 1 saturated heterocycles. The van der Waals surface area contributed by atoms with Crippen molar-refractivity contribution in [2.24, 2.45) is 22.2 Å². The van der Waals surface area contributed by atoms with Crippen LogP contribution in [-0.2, 0) is 9.59 Å². The van der Waals surface area contributed by atoms with Gasteiger partial charge in [0.25, 0.3) is 17.7 Å². The third kappa shape index (κ3) is 1.41. The van der Waals surface area contributed by atoms with Gasteiger partial charge in [0.2, 0.25) is 0 Å². The second-order valence-electron chi connectivity index (χ2n) is 7.89. The molecule has 0 aromatic heterocycles. The fraction of sp³-hybridized carbons (Fsp3) is 0.500. The normalized spacial score (nSPS) is 35.6. The van der Waals surface area contributed by atoms with Crippen molar-refractivity contribution >= 4 is 17.7 Å². The van der Waals surface area contributed by atoms with Crippen LogP contribution in [0.3, 0.4) is 0 Å². The summed E-state index contributed by atoms with van der Waals surface area (Å²) in [4.78, 5) is 38.3. The van der Waals surface area contributed by atoms with E-state index in [-0.39, 0.29) is 34.5 Å². The van der Waals surface area contributed by atoms with Crippen molar-refractivity contribution in [2.45, 2.75) is 33.6 Å². The monoisotopic (exact) mass is 328 g/mol. The number of hydrazine groups is 1. The van der Waals surface area contributed by atoms with Crippen molar-refractivity contribution in [3.05, 3.63) is 29.8 Å². The molecule has 6 nitrogen and oxygen atoms in total. The van der Waals surface area contributed by atoms with Crippen molar-refractivity contribution < 1.29 is 19.5 Å². The highest BCUT2D eigenvalue weighted by atomic mass is 16.3. The Morgan fingerprint density at radius 1 is 1.17 bits per heavy atom. The molecule has 2 aliphatic carbocycles. The molecule has 1 heterocycles. The standard InChI is InChI=1S/C18H20N2O4/c1-16(2)12-8-9-17(3)14(23)20(15(24)18(12,16)17)19-13(22)10-4-6-11(21)7-5-10/h4-7,12,21H,8-9H2,1-3H3,(H,19,22)/t12-,17-,18+/m1/s1. The molecule has 3 aliphatic rings. The van der Waals surface area contributed by atoms with Crippen LogP contribution in [0.2, 0.25) is 0 Å². The van der Waals surface area contributed by atoms with Gasteiger partial charge >= 0.3 is 0 Å². The molecule has 1 aliphatic heterocycles. The molecule has 126 valence electrons. The Balaban J connectivity index is 1.64. The third-order valence-electron chi connectivity index (χ3n) is 6.69. The molecule has 0 radical (unpaired) electrons. The van der Waals surface area contributed by atoms with Crippen LogP contribution in [-0.4, -0.2) is 27.8 Å². The molecule has 2 saturated carbocycles. The van der Waals surface area contributed by atoms with Gasteiger partial charge in [-0.1, -0.05) is 13.8 Å². The third-order valence-corrected chi connectivity index (χ3v) is 6.69. The van der Waals surface area contributed by atoms with Crippen LogP contribution in [0.15, 0.2) is 24.3 Å². The van der Waals surface area contributed by atoms with Gasteiger partial charge in [-0.05, 0) is 55.4 Å². The molecule has 1 spiro atoms. The fourth-order valence-corrected chi connectivity index (χ4v) is 5.51. The number of phenolic OH excluding ortho intramolecular Hbond substituents is 1. The maximum Gasteiger partial charge on any atom is 0.270 e. The molecular formula is C18H20N2O4. The predicted molar refractivity (Wildman–Crippen MR) is 84.5 cm³/mol. The maximum absolute atomic E-state index is 13.1. The Morgan fingerprint density at radius 3 is 2.33 bits per heavy atom. The summed E-state index contributed by atoms with van der Waals surface area (Å²) < 4.78 is 0. The van der Waals surface area contributed by atoms with Crippen LogP contribution >= 0.6 is 0 Å². The highest BCUT2D eigenvalue weighted by Crippen LogP contribution is 2.85. The number of nitrogens with zero attached hydrogens (tertiary/aromatic N) is 1. The molecule has 4 rings (SSSR count). The number of phenols is 1. The first-order chi connectivity index (χ1) is 11.2. The average molecular weight is 328 g/mol. The summed E-state index contributed by atoms with van der Waals surface area (Å²) in [6, 6.07) is 5.66. The van der Waals surface area contributed by atoms with Gasteiger partial charge in [0.15, 0.2) is 0 Å². The molecule has 3 fully saturated rings. The van der Waals surface area contributed by atoms with Crippen LogP contribution in [0.25, 0.3) is 0 Å². The summed E-state index contributed by atoms with van der Waals surface area (Å²) in [6.45, 7) is 5.92. The summed E-state index contributed by atoms with van der Waals surface area (Å²) in [5, 5.41) is 10.2. The van der Waals surface area contributed by atoms with E-state index in [0.717, 1.165) is 11.4 Å². The number of hydrogen-bond donors (Lipinski definition) is 2. The zero-order valence-corrected chi connectivity index (χ0v) is 13.9. The van der Waals surface area contributed by atoms with E-state index in [0.29, 0.717) is 6.42 Å². The molecule has 3 atom stereocenters. The zero-order chi connectivity index (χ0) is 17.5. The lowest BCUT2D eigenvalue weighted by molar-refractivity contribution is -0.144. The minimum atomic E-state index is -0.736. The van der Waals surface area contributed by atoms with Crippen molar-refractivity contribution in [3.8, 4) is 5.75 Å². The molecule has 6 heteroatoms. The van der Waals surface area contributed by atoms with E-state index in [9.17, 15) is 19.5 Å². The second-order valence-corrected chi connectivity index (χ2v) is 7.89. The highest BCUT2D eigenvalue weighted by molar-refractivity contribution is 6.14. The lowest BCUT2D eigenvalue weighted by Gasteiger charge is -2.27. The minimum absolute atomic E-state index is 0.0448. The summed E-state index contributed by atoms with van der Waals surface area (Å²) in [7, 11) is 0. The predicted octanol–water partition coefficient (Wildman–Crippen LogP) is 1.85. The van der Waals surface area contributed by atoms with Gasteiger partial charge in [-0.15, -0.1) is 0 Å². The SMILES string of the molecule is CC1(C)[C@H]2CC[C@]3(C)C(=O)N(NC(=O)c4ccc(O)cc4)C(=O)[C@@]213. The van der Waals surface area contributed by atoms with E-state index in [2.05, 4.69) is 5.43 Å². The Hall–Kier alpha value is -2.37. The molecule has 1 aromatic carbocycles. The zero-order valence-electron chi connectivity index (χ0n) is 13.9. The van der Waals surface area contributed by atoms with Crippen LogP contribution in [0, 0.1) is 22.2 Å². The topological polar surface area (TPSA) is 86.7 Å². The maximum atomic E-state index is 13.1. The van der Waals surface area contributed by atoms with Crippen LogP contribution < -0.4 is 5.43 Å². The number of carbonyl (C=O) groups excluding carboxylic acids is 3. The van der Waals surface area contributed by atoms with Crippen molar-refractivity contribution in [3.63, 3.8) is 0 Å². The Bertz CT molecular complexity index is 785. The lowest BCUT2D eigenvalue weighted by Crippen LogP contribution is -2.47. The van der Waals surface area contributed by atoms with Crippen molar-refractivity contribution in [2.75, 3.05) is 0 Å². The largest absolute Gasteiger partial charge is 0.508 e. The van der Waals surface area contributed by atoms with Crippen LogP contribution in [0.4, 0.5) is 0 Å². The molecule has 24 heavy (non-hydrogen) atoms. The first-order valence-corrected chi connectivity index (χ1v) is 8.17. The summed E-state index contributed by atoms with van der Waals surface area (Å²) in [6.07, 6.45) is 1.55. The van der Waals surface area contributed by atoms with Gasteiger partial charge in [-0.25, -0.2) is 0 Å². The number of hydrogen-bond acceptors (Lipinski definition) is 4. The van der Waals surface area contributed by atoms with Gasteiger partial charge in [0, 0.05) is 5.56 Å². The average Bonchev–Trinajstić information content (AvgIpc) is 2.78. The van der Waals surface area contributed by atoms with Crippen molar-refractivity contribution in [1.82, 2.24) is 10.4 Å². The Morgan fingerprint density at radius 2 is 1.79 bits per heavy atom. The molecule has 2 N–H and O–H groups in total. The number of aromatic hydroxyl groups is 1. The fourth-order valence-electron chi connectivity index (χ4n) is 5.51. The quantitative estimate of drug-likeness (QED) is 0.811. The Labute approximate surface area is 139 Å². The van der Waals surface area contributed by atoms with Crippen molar-refractivity contribution in [1.29, 1.82) is 0 Å². The number of amides is 3. The summed E-state index contributed by atoms with van der Waals surface area (Å²) in [5.74, 6) is -0.889. The van der Waals surface area contributed by atoms with E-state index in [4.69, 9.17) is 0 Å². The number of rotatable bonds is 2. The van der Waals surface area contributed by atoms with Gasteiger partial charge in [0.1, 0.15) is 5.75 Å². The molecular weight excluding hydrogens is 308 g/mol. The van der Waals surface area contributed by atoms with E-state index in [1.807, 2.05) is 20.8 Å². The first kappa shape index (κ1) is 15.2. The number of benzene rings is 1. The van der Waals surface area contributed by atoms with Crippen LogP contribution in [0.1, 0.15) is 44.0 Å². The smallest absolute Gasteiger partial charge is 0.270 e. The van der Waals surface area contributed by atoms with Gasteiger partial charge in [-0.2, -0.15) is 5.01 Å². The molecule has 0 unspecified atom stereocenters. The van der Waals surface area contributed by atoms with E-state index >= 15 is 0 Å². The van der Waals surface area contributed by atoms with E-state index in [1.54, 1.807) is 0 Å². The second kappa shape index (κ2) is 4.18. The van der Waals surface area contributed by atoms with E-state index < -0.39 is 16.7 Å². The van der Waals surface area contributed by atoms with Gasteiger partial charge in [-0.3, -0.25) is 19.8 Å². The Kier molecular flexibility index (Phi) is 2.64. The lowest BCUT2D eigenvalue weighted by atomic mass is 9.71. The van der Waals surface area contributed by atoms with E-state index in [1.165, 1.54) is 24.3 Å². The minimum Gasteiger partial charge on any atom is -0.508 e. The van der Waals surface area contributed by atoms with Gasteiger partial charge < -0.3 is 5.11 Å². The first-order valence-electron chi connectivity index (χ1n) is 8.17. The molecule has 0 bridgehead atoms. The molecule has 1 aromatic rings. The number of nitrogens with one attached hydrogen (secondary N) is 1. The summed E-state index contributed by atoms with van der Waals surface area (Å²) in [5.41, 5.74) is 1.11. The van der Waals surface area contributed by atoms with Crippen LogP contribution in [0.5, 0.6) is 5.75 Å². The molecule has 3 amide bonds. The highest BCUT2D eigenvalue weighted by Gasteiger charge is 2.90. The number of imide groups is 1. The van der Waals surface area contributed by atoms with Gasteiger partial charge in [0.05, 0.1) is 10.8 Å². The number of carbonyl (C=O) groups is 3.